The number of hydrogen-bond donors (Lipinski definition) is 2. The lowest BCUT2D eigenvalue weighted by molar-refractivity contribution is 0.155. The van der Waals surface area contributed by atoms with Crippen LogP contribution in [-0.4, -0.2) is 32.0 Å². The maximum Gasteiger partial charge on any atom is 0.141 e. The first-order valence-electron chi connectivity index (χ1n) is 7.03. The van der Waals surface area contributed by atoms with Gasteiger partial charge in [0.25, 0.3) is 0 Å². The fraction of sp³-hybridized carbons (Fsp3) is 0.333. The van der Waals surface area contributed by atoms with Gasteiger partial charge in [-0.15, -0.1) is 0 Å². The van der Waals surface area contributed by atoms with Crippen molar-refractivity contribution in [2.24, 2.45) is 10.9 Å². The molecule has 21 heavy (non-hydrogen) atoms. The van der Waals surface area contributed by atoms with Crippen molar-refractivity contribution < 1.29 is 5.21 Å². The number of nitrogens with zero attached hydrogens (tertiary/aromatic N) is 4. The number of aromatic nitrogens is 2. The number of fused-ring (bicyclic) bond motifs is 1. The minimum atomic E-state index is 0.0903. The number of amidine groups is 1. The zero-order chi connectivity index (χ0) is 14.7. The zero-order valence-electron chi connectivity index (χ0n) is 11.8. The third kappa shape index (κ3) is 2.90. The van der Waals surface area contributed by atoms with Crippen LogP contribution in [0.15, 0.2) is 47.9 Å². The summed E-state index contributed by atoms with van der Waals surface area (Å²) in [7, 11) is 0. The largest absolute Gasteiger partial charge is 0.409 e. The molecule has 3 rings (SSSR count). The molecule has 6 nitrogen and oxygen atoms in total. The number of imidazole rings is 1. The van der Waals surface area contributed by atoms with E-state index in [9.17, 15) is 0 Å². The number of rotatable bonds is 4. The van der Waals surface area contributed by atoms with Crippen molar-refractivity contribution in [2.75, 3.05) is 6.54 Å². The Kier molecular flexibility index (Phi) is 3.87. The van der Waals surface area contributed by atoms with Gasteiger partial charge in [0.1, 0.15) is 11.7 Å². The number of benzene rings is 1. The molecule has 0 spiro atoms. The summed E-state index contributed by atoms with van der Waals surface area (Å²) in [6.07, 6.45) is 4.34. The second-order valence-electron chi connectivity index (χ2n) is 5.23. The molecule has 0 saturated carbocycles. The smallest absolute Gasteiger partial charge is 0.141 e. The van der Waals surface area contributed by atoms with Crippen LogP contribution < -0.4 is 5.73 Å². The average Bonchev–Trinajstić information content (AvgIpc) is 3.00. The van der Waals surface area contributed by atoms with E-state index in [1.54, 1.807) is 0 Å². The Morgan fingerprint density at radius 1 is 1.33 bits per heavy atom. The summed E-state index contributed by atoms with van der Waals surface area (Å²) in [5, 5.41) is 12.0. The highest BCUT2D eigenvalue weighted by atomic mass is 16.4. The molecular formula is C15H19N5O. The van der Waals surface area contributed by atoms with Gasteiger partial charge in [0.05, 0.1) is 6.54 Å². The van der Waals surface area contributed by atoms with Gasteiger partial charge >= 0.3 is 0 Å². The van der Waals surface area contributed by atoms with Crippen LogP contribution in [0.4, 0.5) is 0 Å². The molecule has 110 valence electrons. The van der Waals surface area contributed by atoms with E-state index in [1.165, 1.54) is 5.56 Å². The van der Waals surface area contributed by atoms with Crippen LogP contribution in [0.2, 0.25) is 0 Å². The van der Waals surface area contributed by atoms with Crippen LogP contribution in [0.3, 0.4) is 0 Å². The van der Waals surface area contributed by atoms with Crippen LogP contribution >= 0.6 is 0 Å². The molecule has 0 fully saturated rings. The predicted octanol–water partition coefficient (Wildman–Crippen LogP) is 1.58. The molecule has 0 aliphatic carbocycles. The summed E-state index contributed by atoms with van der Waals surface area (Å²) in [5.74, 6) is 1.31. The van der Waals surface area contributed by atoms with Crippen molar-refractivity contribution in [1.82, 2.24) is 14.5 Å². The van der Waals surface area contributed by atoms with E-state index in [2.05, 4.69) is 31.7 Å². The molecule has 2 aromatic rings. The molecule has 1 aromatic heterocycles. The van der Waals surface area contributed by atoms with Gasteiger partial charge in [0.15, 0.2) is 0 Å². The topological polar surface area (TPSA) is 79.7 Å². The summed E-state index contributed by atoms with van der Waals surface area (Å²) in [6.45, 7) is 2.60. The standard InChI is InChI=1S/C15H19N5O/c16-14(18-21)10-13(12-4-2-1-3-5-12)20-9-8-19-7-6-17-15(19)11-20/h1-7,13,21H,8-11H2,(H2,16,18). The number of nitrogens with two attached hydrogens (primary N) is 1. The van der Waals surface area contributed by atoms with Gasteiger partial charge in [-0.3, -0.25) is 4.90 Å². The first-order chi connectivity index (χ1) is 10.3. The molecule has 1 aliphatic heterocycles. The first-order valence-corrected chi connectivity index (χ1v) is 7.03. The van der Waals surface area contributed by atoms with Crippen LogP contribution in [0.1, 0.15) is 23.9 Å². The van der Waals surface area contributed by atoms with Crippen molar-refractivity contribution >= 4 is 5.84 Å². The van der Waals surface area contributed by atoms with Crippen molar-refractivity contribution in [1.29, 1.82) is 0 Å². The lowest BCUT2D eigenvalue weighted by Gasteiger charge is -2.35. The number of hydrogen-bond acceptors (Lipinski definition) is 4. The first kappa shape index (κ1) is 13.6. The van der Waals surface area contributed by atoms with E-state index in [0.717, 1.165) is 25.5 Å². The third-order valence-corrected chi connectivity index (χ3v) is 3.93. The second kappa shape index (κ2) is 5.97. The molecule has 1 unspecified atom stereocenters. The van der Waals surface area contributed by atoms with Crippen LogP contribution in [0.25, 0.3) is 0 Å². The second-order valence-corrected chi connectivity index (χ2v) is 5.23. The van der Waals surface area contributed by atoms with Gasteiger partial charge in [0, 0.05) is 37.9 Å². The lowest BCUT2D eigenvalue weighted by atomic mass is 10.0. The Morgan fingerprint density at radius 3 is 2.90 bits per heavy atom. The molecule has 6 heteroatoms. The minimum Gasteiger partial charge on any atom is -0.409 e. The maximum atomic E-state index is 8.88. The van der Waals surface area contributed by atoms with Gasteiger partial charge in [0.2, 0.25) is 0 Å². The quantitative estimate of drug-likeness (QED) is 0.387. The Bertz CT molecular complexity index is 622. The third-order valence-electron chi connectivity index (χ3n) is 3.93. The Hall–Kier alpha value is -2.34. The minimum absolute atomic E-state index is 0.0903. The summed E-state index contributed by atoms with van der Waals surface area (Å²) in [6, 6.07) is 10.3. The van der Waals surface area contributed by atoms with Crippen LogP contribution in [-0.2, 0) is 13.1 Å². The Morgan fingerprint density at radius 2 is 2.14 bits per heavy atom. The SMILES string of the molecule is NC(CC(c1ccccc1)N1CCn2ccnc2C1)=NO. The zero-order valence-corrected chi connectivity index (χ0v) is 11.8. The molecule has 0 amide bonds. The van der Waals surface area contributed by atoms with Crippen molar-refractivity contribution in [3.05, 3.63) is 54.1 Å². The highest BCUT2D eigenvalue weighted by Gasteiger charge is 2.26. The summed E-state index contributed by atoms with van der Waals surface area (Å²) < 4.78 is 2.17. The maximum absolute atomic E-state index is 8.88. The summed E-state index contributed by atoms with van der Waals surface area (Å²) >= 11 is 0. The van der Waals surface area contributed by atoms with E-state index >= 15 is 0 Å². The van der Waals surface area contributed by atoms with E-state index in [0.29, 0.717) is 6.42 Å². The van der Waals surface area contributed by atoms with Crippen molar-refractivity contribution in [3.63, 3.8) is 0 Å². The van der Waals surface area contributed by atoms with E-state index < -0.39 is 0 Å². The van der Waals surface area contributed by atoms with Crippen molar-refractivity contribution in [2.45, 2.75) is 25.6 Å². The Balaban J connectivity index is 1.86. The molecule has 0 radical (unpaired) electrons. The average molecular weight is 285 g/mol. The lowest BCUT2D eigenvalue weighted by Crippen LogP contribution is -2.38. The molecule has 2 heterocycles. The van der Waals surface area contributed by atoms with Crippen LogP contribution in [0.5, 0.6) is 0 Å². The van der Waals surface area contributed by atoms with E-state index in [4.69, 9.17) is 10.9 Å². The van der Waals surface area contributed by atoms with Gasteiger partial charge in [-0.25, -0.2) is 4.98 Å². The monoisotopic (exact) mass is 285 g/mol. The molecule has 1 atom stereocenters. The fourth-order valence-corrected chi connectivity index (χ4v) is 2.83. The summed E-state index contributed by atoms with van der Waals surface area (Å²) in [5.41, 5.74) is 6.92. The fourth-order valence-electron chi connectivity index (χ4n) is 2.83. The van der Waals surface area contributed by atoms with Gasteiger partial charge in [-0.05, 0) is 5.56 Å². The predicted molar refractivity (Wildman–Crippen MR) is 79.8 cm³/mol. The van der Waals surface area contributed by atoms with Gasteiger partial charge in [-0.1, -0.05) is 35.5 Å². The Labute approximate surface area is 123 Å². The summed E-state index contributed by atoms with van der Waals surface area (Å²) in [4.78, 5) is 6.72. The van der Waals surface area contributed by atoms with Gasteiger partial charge < -0.3 is 15.5 Å². The highest BCUT2D eigenvalue weighted by molar-refractivity contribution is 5.80. The van der Waals surface area contributed by atoms with E-state index in [-0.39, 0.29) is 11.9 Å². The number of oxime groups is 1. The van der Waals surface area contributed by atoms with Gasteiger partial charge in [-0.2, -0.15) is 0 Å². The highest BCUT2D eigenvalue weighted by Crippen LogP contribution is 2.27. The normalized spacial score (nSPS) is 17.4. The molecule has 0 saturated heterocycles. The van der Waals surface area contributed by atoms with Crippen molar-refractivity contribution in [3.8, 4) is 0 Å². The molecule has 0 bridgehead atoms. The van der Waals surface area contributed by atoms with Crippen LogP contribution in [0, 0.1) is 0 Å². The molecule has 1 aliphatic rings. The molecule has 3 N–H and O–H groups in total. The molecular weight excluding hydrogens is 266 g/mol. The molecule has 1 aromatic carbocycles. The van der Waals surface area contributed by atoms with E-state index in [1.807, 2.05) is 30.6 Å².